The summed E-state index contributed by atoms with van der Waals surface area (Å²) in [5.41, 5.74) is 2.01. The fraction of sp³-hybridized carbons (Fsp3) is 0.455. The Morgan fingerprint density at radius 2 is 1.66 bits per heavy atom. The van der Waals surface area contributed by atoms with Gasteiger partial charge in [0.2, 0.25) is 10.0 Å². The largest absolute Gasteiger partial charge is 0.285 e. The number of aromatic nitrogens is 3. The van der Waals surface area contributed by atoms with Gasteiger partial charge in [-0.1, -0.05) is 37.5 Å². The molecule has 2 aliphatic rings. The maximum absolute atomic E-state index is 13.4. The van der Waals surface area contributed by atoms with E-state index in [0.29, 0.717) is 23.2 Å². The van der Waals surface area contributed by atoms with Gasteiger partial charge in [0.1, 0.15) is 0 Å². The first-order valence-electron chi connectivity index (χ1n) is 10.6. The summed E-state index contributed by atoms with van der Waals surface area (Å²) < 4.78 is 30.4. The lowest BCUT2D eigenvalue weighted by Gasteiger charge is -2.24. The van der Waals surface area contributed by atoms with Crippen LogP contribution in [0, 0.1) is 0 Å². The summed E-state index contributed by atoms with van der Waals surface area (Å²) in [6.07, 6.45) is 9.75. The second-order valence-electron chi connectivity index (χ2n) is 8.16. The third-order valence-corrected chi connectivity index (χ3v) is 8.33. The molecule has 7 heteroatoms. The van der Waals surface area contributed by atoms with Gasteiger partial charge in [0.15, 0.2) is 11.5 Å². The van der Waals surface area contributed by atoms with E-state index in [1.54, 1.807) is 16.4 Å². The fourth-order valence-electron chi connectivity index (χ4n) is 4.86. The lowest BCUT2D eigenvalue weighted by Crippen LogP contribution is -2.31. The van der Waals surface area contributed by atoms with Crippen molar-refractivity contribution in [2.45, 2.75) is 61.8 Å². The number of benzene rings is 1. The summed E-state index contributed by atoms with van der Waals surface area (Å²) in [5, 5.41) is 8.52. The van der Waals surface area contributed by atoms with Crippen LogP contribution in [0.25, 0.3) is 5.65 Å². The van der Waals surface area contributed by atoms with Gasteiger partial charge in [-0.15, -0.1) is 10.2 Å². The first kappa shape index (κ1) is 18.8. The Morgan fingerprint density at radius 3 is 2.45 bits per heavy atom. The molecule has 0 N–H and O–H groups in total. The van der Waals surface area contributed by atoms with Gasteiger partial charge in [-0.05, 0) is 61.4 Å². The third kappa shape index (κ3) is 3.36. The van der Waals surface area contributed by atoms with Crippen LogP contribution in [-0.4, -0.2) is 33.9 Å². The molecule has 6 nitrogen and oxygen atoms in total. The van der Waals surface area contributed by atoms with E-state index in [4.69, 9.17) is 0 Å². The summed E-state index contributed by atoms with van der Waals surface area (Å²) in [6, 6.07) is 13.0. The van der Waals surface area contributed by atoms with E-state index in [-0.39, 0.29) is 6.04 Å². The summed E-state index contributed by atoms with van der Waals surface area (Å²) in [6.45, 7) is 0.513. The van der Waals surface area contributed by atoms with Crippen LogP contribution < -0.4 is 0 Å². The Hall–Kier alpha value is -2.25. The zero-order valence-electron chi connectivity index (χ0n) is 16.4. The molecule has 0 amide bonds. The number of sulfonamides is 1. The molecule has 1 atom stereocenters. The number of fused-ring (bicyclic) bond motifs is 1. The van der Waals surface area contributed by atoms with Crippen molar-refractivity contribution in [3.05, 3.63) is 60.0 Å². The highest BCUT2D eigenvalue weighted by atomic mass is 32.2. The summed E-state index contributed by atoms with van der Waals surface area (Å²) >= 11 is 0. The SMILES string of the molecule is O=S(=O)(c1ccc(C2CCCCC2)cc1)N1CCCC1c1nnc2ccccn12. The van der Waals surface area contributed by atoms with E-state index in [1.165, 1.54) is 37.7 Å². The molecular weight excluding hydrogens is 384 g/mol. The molecule has 0 bridgehead atoms. The minimum absolute atomic E-state index is 0.282. The second-order valence-corrected chi connectivity index (χ2v) is 10.1. The highest BCUT2D eigenvalue weighted by Crippen LogP contribution is 2.37. The normalized spacial score (nSPS) is 21.7. The van der Waals surface area contributed by atoms with E-state index in [2.05, 4.69) is 10.2 Å². The van der Waals surface area contributed by atoms with Gasteiger partial charge in [0.05, 0.1) is 10.9 Å². The molecule has 1 saturated carbocycles. The average molecular weight is 411 g/mol. The van der Waals surface area contributed by atoms with Crippen molar-refractivity contribution in [3.8, 4) is 0 Å². The highest BCUT2D eigenvalue weighted by molar-refractivity contribution is 7.89. The van der Waals surface area contributed by atoms with Crippen LogP contribution in [0.3, 0.4) is 0 Å². The number of pyridine rings is 1. The Kier molecular flexibility index (Phi) is 4.87. The van der Waals surface area contributed by atoms with Crippen molar-refractivity contribution in [2.24, 2.45) is 0 Å². The molecule has 2 aromatic heterocycles. The molecule has 5 rings (SSSR count). The molecule has 1 unspecified atom stereocenters. The molecule has 0 spiro atoms. The molecule has 1 saturated heterocycles. The van der Waals surface area contributed by atoms with E-state index in [0.717, 1.165) is 18.5 Å². The molecule has 1 aliphatic heterocycles. The Balaban J connectivity index is 1.44. The van der Waals surface area contributed by atoms with E-state index < -0.39 is 10.0 Å². The molecule has 1 aromatic carbocycles. The lowest BCUT2D eigenvalue weighted by molar-refractivity contribution is 0.381. The van der Waals surface area contributed by atoms with Crippen LogP contribution in [0.2, 0.25) is 0 Å². The number of hydrogen-bond donors (Lipinski definition) is 0. The zero-order valence-corrected chi connectivity index (χ0v) is 17.3. The van der Waals surface area contributed by atoms with Crippen LogP contribution in [-0.2, 0) is 10.0 Å². The van der Waals surface area contributed by atoms with Crippen molar-refractivity contribution >= 4 is 15.7 Å². The first-order chi connectivity index (χ1) is 14.1. The Morgan fingerprint density at radius 1 is 0.862 bits per heavy atom. The molecule has 3 aromatic rings. The van der Waals surface area contributed by atoms with Crippen molar-refractivity contribution in [3.63, 3.8) is 0 Å². The Bertz CT molecular complexity index is 1100. The van der Waals surface area contributed by atoms with Gasteiger partial charge < -0.3 is 0 Å². The van der Waals surface area contributed by atoms with Gasteiger partial charge in [0, 0.05) is 12.7 Å². The van der Waals surface area contributed by atoms with Crippen molar-refractivity contribution in [1.29, 1.82) is 0 Å². The van der Waals surface area contributed by atoms with Crippen LogP contribution >= 0.6 is 0 Å². The number of rotatable bonds is 4. The summed E-state index contributed by atoms with van der Waals surface area (Å²) in [4.78, 5) is 0.373. The Labute approximate surface area is 171 Å². The van der Waals surface area contributed by atoms with Gasteiger partial charge in [-0.25, -0.2) is 8.42 Å². The molecule has 2 fully saturated rings. The predicted molar refractivity (Wildman–Crippen MR) is 111 cm³/mol. The van der Waals surface area contributed by atoms with E-state index in [1.807, 2.05) is 40.9 Å². The first-order valence-corrected chi connectivity index (χ1v) is 12.0. The van der Waals surface area contributed by atoms with Crippen molar-refractivity contribution in [1.82, 2.24) is 18.9 Å². The lowest BCUT2D eigenvalue weighted by atomic mass is 9.84. The van der Waals surface area contributed by atoms with E-state index in [9.17, 15) is 8.42 Å². The smallest absolute Gasteiger partial charge is 0.243 e. The topological polar surface area (TPSA) is 67.6 Å². The van der Waals surface area contributed by atoms with Gasteiger partial charge in [-0.2, -0.15) is 4.31 Å². The average Bonchev–Trinajstić information content (AvgIpc) is 3.42. The molecule has 0 radical (unpaired) electrons. The summed E-state index contributed by atoms with van der Waals surface area (Å²) in [7, 11) is -3.58. The quantitative estimate of drug-likeness (QED) is 0.643. The zero-order chi connectivity index (χ0) is 19.8. The van der Waals surface area contributed by atoms with Crippen LogP contribution in [0.1, 0.15) is 68.3 Å². The second kappa shape index (κ2) is 7.54. The minimum atomic E-state index is -3.58. The maximum atomic E-state index is 13.4. The third-order valence-electron chi connectivity index (χ3n) is 6.41. The molecule has 3 heterocycles. The minimum Gasteiger partial charge on any atom is -0.285 e. The summed E-state index contributed by atoms with van der Waals surface area (Å²) in [5.74, 6) is 1.27. The van der Waals surface area contributed by atoms with E-state index >= 15 is 0 Å². The molecule has 152 valence electrons. The van der Waals surface area contributed by atoms with Crippen LogP contribution in [0.4, 0.5) is 0 Å². The van der Waals surface area contributed by atoms with Crippen LogP contribution in [0.5, 0.6) is 0 Å². The highest BCUT2D eigenvalue weighted by Gasteiger charge is 2.38. The van der Waals surface area contributed by atoms with Crippen molar-refractivity contribution < 1.29 is 8.42 Å². The van der Waals surface area contributed by atoms with Gasteiger partial charge in [0.25, 0.3) is 0 Å². The predicted octanol–water partition coefficient (Wildman–Crippen LogP) is 4.30. The standard InChI is InChI=1S/C22H26N4O2S/c27-29(28,19-13-11-18(12-14-19)17-7-2-1-3-8-17)26-16-6-9-20(26)22-24-23-21-10-4-5-15-25(21)22/h4-5,10-15,17,20H,1-3,6-9,16H2. The molecule has 1 aliphatic carbocycles. The number of nitrogens with zero attached hydrogens (tertiary/aromatic N) is 4. The van der Waals surface area contributed by atoms with Crippen LogP contribution in [0.15, 0.2) is 53.6 Å². The van der Waals surface area contributed by atoms with Crippen molar-refractivity contribution in [2.75, 3.05) is 6.54 Å². The molecular formula is C22H26N4O2S. The fourth-order valence-corrected chi connectivity index (χ4v) is 6.51. The van der Waals surface area contributed by atoms with Gasteiger partial charge >= 0.3 is 0 Å². The van der Waals surface area contributed by atoms with Gasteiger partial charge in [-0.3, -0.25) is 4.40 Å². The molecule has 29 heavy (non-hydrogen) atoms. The monoisotopic (exact) mass is 410 g/mol. The maximum Gasteiger partial charge on any atom is 0.243 e. The number of hydrogen-bond acceptors (Lipinski definition) is 4.